The van der Waals surface area contributed by atoms with E-state index in [4.69, 9.17) is 0 Å². The zero-order chi connectivity index (χ0) is 14.0. The monoisotopic (exact) mass is 254 g/mol. The lowest BCUT2D eigenvalue weighted by Crippen LogP contribution is -2.22. The first kappa shape index (κ1) is 18.0. The summed E-state index contributed by atoms with van der Waals surface area (Å²) in [5, 5.41) is 0. The van der Waals surface area contributed by atoms with Crippen LogP contribution < -0.4 is 0 Å². The molecule has 0 radical (unpaired) electrons. The van der Waals surface area contributed by atoms with Crippen LogP contribution in [0, 0.1) is 23.7 Å². The molecule has 2 atom stereocenters. The van der Waals surface area contributed by atoms with Crippen LogP contribution in [-0.2, 0) is 0 Å². The SMILES string of the molecule is CCCCCCCCCC(C(C)C)[C@H](C)C(C)C. The van der Waals surface area contributed by atoms with Crippen molar-refractivity contribution in [2.75, 3.05) is 0 Å². The molecule has 0 heterocycles. The van der Waals surface area contributed by atoms with Gasteiger partial charge < -0.3 is 0 Å². The summed E-state index contributed by atoms with van der Waals surface area (Å²) < 4.78 is 0. The topological polar surface area (TPSA) is 0 Å². The van der Waals surface area contributed by atoms with Gasteiger partial charge >= 0.3 is 0 Å². The summed E-state index contributed by atoms with van der Waals surface area (Å²) in [6.07, 6.45) is 11.5. The van der Waals surface area contributed by atoms with E-state index < -0.39 is 0 Å². The Bertz CT molecular complexity index is 169. The predicted octanol–water partition coefficient (Wildman–Crippen LogP) is 6.69. The first-order valence-electron chi connectivity index (χ1n) is 8.50. The molecule has 0 saturated carbocycles. The lowest BCUT2D eigenvalue weighted by Gasteiger charge is -2.30. The van der Waals surface area contributed by atoms with Crippen LogP contribution >= 0.6 is 0 Å². The highest BCUT2D eigenvalue weighted by molar-refractivity contribution is 4.72. The van der Waals surface area contributed by atoms with Gasteiger partial charge in [0.15, 0.2) is 0 Å². The maximum Gasteiger partial charge on any atom is -0.0363 e. The van der Waals surface area contributed by atoms with Gasteiger partial charge in [-0.2, -0.15) is 0 Å². The highest BCUT2D eigenvalue weighted by Crippen LogP contribution is 2.31. The van der Waals surface area contributed by atoms with E-state index in [0.717, 1.165) is 23.7 Å². The lowest BCUT2D eigenvalue weighted by atomic mass is 9.76. The minimum absolute atomic E-state index is 0.835. The largest absolute Gasteiger partial charge is 0.0654 e. The van der Waals surface area contributed by atoms with Gasteiger partial charge in [-0.05, 0) is 30.1 Å². The van der Waals surface area contributed by atoms with Gasteiger partial charge in [-0.1, -0.05) is 86.5 Å². The molecule has 0 rings (SSSR count). The summed E-state index contributed by atoms with van der Waals surface area (Å²) in [6.45, 7) is 14.3. The second kappa shape index (κ2) is 10.9. The van der Waals surface area contributed by atoms with E-state index in [1.165, 1.54) is 51.4 Å². The summed E-state index contributed by atoms with van der Waals surface area (Å²) in [5.41, 5.74) is 0. The minimum atomic E-state index is 0.835. The van der Waals surface area contributed by atoms with E-state index in [0.29, 0.717) is 0 Å². The van der Waals surface area contributed by atoms with Crippen molar-refractivity contribution in [1.29, 1.82) is 0 Å². The smallest absolute Gasteiger partial charge is 0.0363 e. The van der Waals surface area contributed by atoms with Crippen molar-refractivity contribution in [2.24, 2.45) is 23.7 Å². The van der Waals surface area contributed by atoms with Gasteiger partial charge in [-0.15, -0.1) is 0 Å². The molecule has 0 aliphatic heterocycles. The fourth-order valence-electron chi connectivity index (χ4n) is 3.03. The van der Waals surface area contributed by atoms with Gasteiger partial charge in [0.2, 0.25) is 0 Å². The standard InChI is InChI=1S/C18H38/c1-7-8-9-10-11-12-13-14-18(16(4)5)17(6)15(2)3/h15-18H,7-14H2,1-6H3/t17-,18?/m1/s1. The van der Waals surface area contributed by atoms with E-state index in [9.17, 15) is 0 Å². The van der Waals surface area contributed by atoms with Crippen molar-refractivity contribution in [1.82, 2.24) is 0 Å². The summed E-state index contributed by atoms with van der Waals surface area (Å²) in [4.78, 5) is 0. The number of hydrogen-bond acceptors (Lipinski definition) is 0. The molecule has 0 amide bonds. The number of hydrogen-bond donors (Lipinski definition) is 0. The van der Waals surface area contributed by atoms with E-state index in [2.05, 4.69) is 41.5 Å². The van der Waals surface area contributed by atoms with E-state index >= 15 is 0 Å². The number of unbranched alkanes of at least 4 members (excludes halogenated alkanes) is 6. The molecule has 0 aromatic carbocycles. The summed E-state index contributed by atoms with van der Waals surface area (Å²) >= 11 is 0. The molecule has 0 aromatic rings. The lowest BCUT2D eigenvalue weighted by molar-refractivity contribution is 0.197. The third kappa shape index (κ3) is 8.16. The van der Waals surface area contributed by atoms with E-state index in [1.54, 1.807) is 0 Å². The molecule has 0 heteroatoms. The Labute approximate surface area is 117 Å². The highest BCUT2D eigenvalue weighted by Gasteiger charge is 2.22. The van der Waals surface area contributed by atoms with Crippen molar-refractivity contribution in [3.8, 4) is 0 Å². The Balaban J connectivity index is 3.72. The first-order chi connectivity index (χ1) is 8.50. The fraction of sp³-hybridized carbons (Fsp3) is 1.00. The molecule has 0 aliphatic carbocycles. The van der Waals surface area contributed by atoms with Crippen LogP contribution in [0.15, 0.2) is 0 Å². The molecule has 0 aliphatic rings. The molecule has 0 bridgehead atoms. The number of rotatable bonds is 11. The molecule has 0 nitrogen and oxygen atoms in total. The van der Waals surface area contributed by atoms with Crippen molar-refractivity contribution < 1.29 is 0 Å². The molecule has 18 heavy (non-hydrogen) atoms. The zero-order valence-corrected chi connectivity index (χ0v) is 14.0. The summed E-state index contributed by atoms with van der Waals surface area (Å²) in [7, 11) is 0. The molecule has 0 spiro atoms. The normalized spacial score (nSPS) is 15.3. The average molecular weight is 255 g/mol. The van der Waals surface area contributed by atoms with E-state index in [-0.39, 0.29) is 0 Å². The Morgan fingerprint density at radius 1 is 0.611 bits per heavy atom. The second-order valence-electron chi connectivity index (χ2n) is 6.92. The van der Waals surface area contributed by atoms with Crippen LogP contribution in [0.2, 0.25) is 0 Å². The van der Waals surface area contributed by atoms with Crippen molar-refractivity contribution in [2.45, 2.75) is 92.9 Å². The van der Waals surface area contributed by atoms with Gasteiger partial charge in [0.05, 0.1) is 0 Å². The Kier molecular flexibility index (Phi) is 10.9. The highest BCUT2D eigenvalue weighted by atomic mass is 14.3. The van der Waals surface area contributed by atoms with Crippen LogP contribution in [0.25, 0.3) is 0 Å². The third-order valence-corrected chi connectivity index (χ3v) is 4.72. The zero-order valence-electron chi connectivity index (χ0n) is 14.0. The van der Waals surface area contributed by atoms with Crippen LogP contribution in [-0.4, -0.2) is 0 Å². The minimum Gasteiger partial charge on any atom is -0.0654 e. The molecular weight excluding hydrogens is 216 g/mol. The van der Waals surface area contributed by atoms with Crippen molar-refractivity contribution in [3.63, 3.8) is 0 Å². The quantitative estimate of drug-likeness (QED) is 0.360. The van der Waals surface area contributed by atoms with Gasteiger partial charge in [-0.25, -0.2) is 0 Å². The second-order valence-corrected chi connectivity index (χ2v) is 6.92. The van der Waals surface area contributed by atoms with Crippen LogP contribution in [0.4, 0.5) is 0 Å². The summed E-state index contributed by atoms with van der Waals surface area (Å²) in [5.74, 6) is 3.50. The molecule has 0 N–H and O–H groups in total. The Morgan fingerprint density at radius 3 is 1.56 bits per heavy atom. The van der Waals surface area contributed by atoms with Gasteiger partial charge in [0.1, 0.15) is 0 Å². The van der Waals surface area contributed by atoms with Crippen molar-refractivity contribution in [3.05, 3.63) is 0 Å². The fourth-order valence-corrected chi connectivity index (χ4v) is 3.03. The van der Waals surface area contributed by atoms with Crippen LogP contribution in [0.1, 0.15) is 92.9 Å². The van der Waals surface area contributed by atoms with Gasteiger partial charge in [0.25, 0.3) is 0 Å². The maximum absolute atomic E-state index is 2.45. The first-order valence-corrected chi connectivity index (χ1v) is 8.50. The Morgan fingerprint density at radius 2 is 1.11 bits per heavy atom. The maximum atomic E-state index is 2.45. The molecular formula is C18H38. The predicted molar refractivity (Wildman–Crippen MR) is 84.9 cm³/mol. The van der Waals surface area contributed by atoms with Crippen LogP contribution in [0.5, 0.6) is 0 Å². The van der Waals surface area contributed by atoms with Gasteiger partial charge in [-0.3, -0.25) is 0 Å². The van der Waals surface area contributed by atoms with E-state index in [1.807, 2.05) is 0 Å². The molecule has 0 aromatic heterocycles. The van der Waals surface area contributed by atoms with Gasteiger partial charge in [0, 0.05) is 0 Å². The molecule has 0 saturated heterocycles. The average Bonchev–Trinajstić information content (AvgIpc) is 2.31. The van der Waals surface area contributed by atoms with Crippen molar-refractivity contribution >= 4 is 0 Å². The molecule has 110 valence electrons. The summed E-state index contributed by atoms with van der Waals surface area (Å²) in [6, 6.07) is 0. The Hall–Kier alpha value is 0. The molecule has 0 fully saturated rings. The van der Waals surface area contributed by atoms with Crippen LogP contribution in [0.3, 0.4) is 0 Å². The molecule has 1 unspecified atom stereocenters. The third-order valence-electron chi connectivity index (χ3n) is 4.72.